The van der Waals surface area contributed by atoms with Gasteiger partial charge in [0.25, 0.3) is 5.56 Å². The Morgan fingerprint density at radius 1 is 1.31 bits per heavy atom. The number of likely N-dealkylation sites (tertiary alicyclic amines) is 1. The monoisotopic (exact) mass is 366 g/mol. The lowest BCUT2D eigenvalue weighted by Crippen LogP contribution is -2.45. The van der Waals surface area contributed by atoms with Gasteiger partial charge in [-0.2, -0.15) is 0 Å². The first-order valence-electron chi connectivity index (χ1n) is 8.18. The quantitative estimate of drug-likeness (QED) is 0.486. The molecule has 4 atom stereocenters. The molecule has 1 saturated heterocycles. The number of carbonyl (C=O) groups excluding carboxylic acids is 1. The predicted molar refractivity (Wildman–Crippen MR) is 90.4 cm³/mol. The van der Waals surface area contributed by atoms with Crippen LogP contribution in [0.5, 0.6) is 0 Å². The number of aromatic nitrogens is 3. The fourth-order valence-electron chi connectivity index (χ4n) is 3.24. The van der Waals surface area contributed by atoms with Gasteiger partial charge in [0.2, 0.25) is 0 Å². The summed E-state index contributed by atoms with van der Waals surface area (Å²) in [6.07, 6.45) is -0.910. The van der Waals surface area contributed by atoms with Gasteiger partial charge >= 0.3 is 6.09 Å². The number of hydrogen-bond donors (Lipinski definition) is 5. The topological polar surface area (TPSA) is 152 Å². The van der Waals surface area contributed by atoms with Crippen LogP contribution in [0, 0.1) is 0 Å². The summed E-state index contributed by atoms with van der Waals surface area (Å²) in [6, 6.07) is -2.10. The van der Waals surface area contributed by atoms with Crippen LogP contribution in [0.2, 0.25) is 0 Å². The molecule has 10 heteroatoms. The second kappa shape index (κ2) is 6.38. The Morgan fingerprint density at radius 3 is 2.62 bits per heavy atom. The van der Waals surface area contributed by atoms with Crippen LogP contribution in [-0.2, 0) is 4.74 Å². The maximum atomic E-state index is 12.7. The first kappa shape index (κ1) is 18.4. The van der Waals surface area contributed by atoms with Crippen molar-refractivity contribution in [2.75, 3.05) is 6.61 Å². The number of H-pyrrole nitrogens is 2. The molecule has 1 amide bonds. The summed E-state index contributed by atoms with van der Waals surface area (Å²) in [5, 5.41) is 30.5. The Labute approximate surface area is 148 Å². The number of rotatable bonds is 2. The molecule has 3 rings (SSSR count). The molecular weight excluding hydrogens is 344 g/mol. The smallest absolute Gasteiger partial charge is 0.411 e. The largest absolute Gasteiger partial charge is 0.444 e. The molecule has 0 spiro atoms. The van der Waals surface area contributed by atoms with Gasteiger partial charge in [-0.25, -0.2) is 9.78 Å². The van der Waals surface area contributed by atoms with E-state index in [0.717, 1.165) is 4.90 Å². The van der Waals surface area contributed by atoms with Crippen LogP contribution in [0.15, 0.2) is 17.3 Å². The fourth-order valence-corrected chi connectivity index (χ4v) is 3.24. The molecule has 0 saturated carbocycles. The first-order valence-corrected chi connectivity index (χ1v) is 8.18. The molecular formula is C16H22N4O6. The van der Waals surface area contributed by atoms with Crippen LogP contribution < -0.4 is 5.56 Å². The van der Waals surface area contributed by atoms with Crippen LogP contribution in [0.4, 0.5) is 4.79 Å². The van der Waals surface area contributed by atoms with Crippen molar-refractivity contribution in [3.63, 3.8) is 0 Å². The van der Waals surface area contributed by atoms with Crippen molar-refractivity contribution in [1.29, 1.82) is 0 Å². The van der Waals surface area contributed by atoms with Crippen LogP contribution in [-0.4, -0.2) is 71.7 Å². The highest BCUT2D eigenvalue weighted by Gasteiger charge is 2.52. The Kier molecular flexibility index (Phi) is 4.51. The predicted octanol–water partition coefficient (Wildman–Crippen LogP) is -0.374. The lowest BCUT2D eigenvalue weighted by Gasteiger charge is -2.32. The van der Waals surface area contributed by atoms with Crippen molar-refractivity contribution >= 4 is 17.1 Å². The molecule has 10 nitrogen and oxygen atoms in total. The number of nitrogens with one attached hydrogen (secondary N) is 2. The van der Waals surface area contributed by atoms with Crippen molar-refractivity contribution in [2.45, 2.75) is 50.7 Å². The van der Waals surface area contributed by atoms with Crippen LogP contribution in [0.25, 0.3) is 11.0 Å². The number of aromatic amines is 2. The number of ether oxygens (including phenoxy) is 1. The van der Waals surface area contributed by atoms with E-state index >= 15 is 0 Å². The first-order chi connectivity index (χ1) is 12.2. The minimum atomic E-state index is -1.39. The third-order valence-corrected chi connectivity index (χ3v) is 4.33. The van der Waals surface area contributed by atoms with Gasteiger partial charge in [-0.1, -0.05) is 0 Å². The van der Waals surface area contributed by atoms with Gasteiger partial charge in [-0.15, -0.1) is 0 Å². The number of hydrogen-bond acceptors (Lipinski definition) is 7. The second-order valence-corrected chi connectivity index (χ2v) is 7.26. The lowest BCUT2D eigenvalue weighted by molar-refractivity contribution is -0.000805. The van der Waals surface area contributed by atoms with Crippen LogP contribution in [0.1, 0.15) is 32.4 Å². The zero-order valence-corrected chi connectivity index (χ0v) is 14.6. The number of amides is 1. The highest BCUT2D eigenvalue weighted by Crippen LogP contribution is 2.39. The fraction of sp³-hybridized carbons (Fsp3) is 0.562. The Morgan fingerprint density at radius 2 is 2.00 bits per heavy atom. The highest BCUT2D eigenvalue weighted by molar-refractivity contribution is 5.80. The maximum Gasteiger partial charge on any atom is 0.411 e. The van der Waals surface area contributed by atoms with Crippen molar-refractivity contribution in [3.8, 4) is 0 Å². The summed E-state index contributed by atoms with van der Waals surface area (Å²) in [5.41, 5.74) is -0.426. The highest BCUT2D eigenvalue weighted by atomic mass is 16.6. The maximum absolute atomic E-state index is 12.7. The van der Waals surface area contributed by atoms with E-state index in [9.17, 15) is 24.9 Å². The van der Waals surface area contributed by atoms with Crippen LogP contribution >= 0.6 is 0 Å². The standard InChI is InChI=1S/C16H22N4O6/c1-16(2,3)26-15(25)20-8(5-21)12(22)13(23)11(20)7-4-17-10-9(7)18-6-19-14(10)24/h4,6,8,11-13,17,21-23H,5H2,1-3H3,(H,18,19,24)/t8-,11+,12+,13+/m1/s1. The normalized spacial score (nSPS) is 26.5. The Hall–Kier alpha value is -2.43. The van der Waals surface area contributed by atoms with Gasteiger partial charge in [0.05, 0.1) is 25.0 Å². The number of carbonyl (C=O) groups is 1. The molecule has 1 aliphatic heterocycles. The molecule has 0 bridgehead atoms. The molecule has 5 N–H and O–H groups in total. The zero-order chi connectivity index (χ0) is 19.2. The molecule has 2 aromatic rings. The molecule has 0 aromatic carbocycles. The van der Waals surface area contributed by atoms with E-state index in [1.807, 2.05) is 0 Å². The Bertz CT molecular complexity index is 869. The van der Waals surface area contributed by atoms with Gasteiger partial charge in [-0.05, 0) is 20.8 Å². The third-order valence-electron chi connectivity index (χ3n) is 4.33. The van der Waals surface area contributed by atoms with Crippen molar-refractivity contribution in [1.82, 2.24) is 19.9 Å². The molecule has 142 valence electrons. The molecule has 0 radical (unpaired) electrons. The van der Waals surface area contributed by atoms with E-state index < -0.39 is 48.2 Å². The summed E-state index contributed by atoms with van der Waals surface area (Å²) >= 11 is 0. The molecule has 2 aromatic heterocycles. The summed E-state index contributed by atoms with van der Waals surface area (Å²) < 4.78 is 5.37. The van der Waals surface area contributed by atoms with E-state index in [1.165, 1.54) is 12.5 Å². The van der Waals surface area contributed by atoms with Crippen molar-refractivity contribution in [2.24, 2.45) is 0 Å². The molecule has 1 fully saturated rings. The van der Waals surface area contributed by atoms with E-state index in [-0.39, 0.29) is 11.0 Å². The van der Waals surface area contributed by atoms with E-state index in [1.54, 1.807) is 20.8 Å². The molecule has 3 heterocycles. The average Bonchev–Trinajstić information content (AvgIpc) is 3.07. The minimum Gasteiger partial charge on any atom is -0.444 e. The SMILES string of the molecule is CC(C)(C)OC(=O)N1[C@H](CO)[C@H](O)[C@@H](O)[C@@H]1c1c[nH]c2c(=O)[nH]cnc12. The summed E-state index contributed by atoms with van der Waals surface area (Å²) in [4.78, 5) is 35.0. The van der Waals surface area contributed by atoms with Gasteiger partial charge in [0, 0.05) is 11.8 Å². The summed E-state index contributed by atoms with van der Waals surface area (Å²) in [5.74, 6) is 0. The summed E-state index contributed by atoms with van der Waals surface area (Å²) in [6.45, 7) is 4.49. The second-order valence-electron chi connectivity index (χ2n) is 7.26. The number of aliphatic hydroxyl groups is 3. The summed E-state index contributed by atoms with van der Waals surface area (Å²) in [7, 11) is 0. The van der Waals surface area contributed by atoms with Gasteiger partial charge in [0.1, 0.15) is 28.8 Å². The van der Waals surface area contributed by atoms with E-state index in [4.69, 9.17) is 4.74 Å². The van der Waals surface area contributed by atoms with Gasteiger partial charge in [-0.3, -0.25) is 9.69 Å². The number of aliphatic hydroxyl groups excluding tert-OH is 3. The third kappa shape index (κ3) is 2.96. The van der Waals surface area contributed by atoms with Crippen molar-refractivity contribution in [3.05, 3.63) is 28.4 Å². The molecule has 0 unspecified atom stereocenters. The Balaban J connectivity index is 2.10. The number of fused-ring (bicyclic) bond motifs is 1. The minimum absolute atomic E-state index is 0.181. The van der Waals surface area contributed by atoms with E-state index in [0.29, 0.717) is 5.56 Å². The lowest BCUT2D eigenvalue weighted by atomic mass is 10.0. The molecule has 26 heavy (non-hydrogen) atoms. The van der Waals surface area contributed by atoms with Crippen LogP contribution in [0.3, 0.4) is 0 Å². The van der Waals surface area contributed by atoms with Gasteiger partial charge in [0.15, 0.2) is 0 Å². The van der Waals surface area contributed by atoms with E-state index in [2.05, 4.69) is 15.0 Å². The zero-order valence-electron chi connectivity index (χ0n) is 14.6. The van der Waals surface area contributed by atoms with Crippen molar-refractivity contribution < 1.29 is 24.9 Å². The number of nitrogens with zero attached hydrogens (tertiary/aromatic N) is 2. The molecule has 1 aliphatic rings. The molecule has 0 aliphatic carbocycles. The average molecular weight is 366 g/mol. The van der Waals surface area contributed by atoms with Gasteiger partial charge < -0.3 is 30.0 Å².